The second-order valence-electron chi connectivity index (χ2n) is 20.4. The van der Waals surface area contributed by atoms with E-state index < -0.39 is 16.4 Å². The van der Waals surface area contributed by atoms with Crippen molar-refractivity contribution in [3.63, 3.8) is 0 Å². The third kappa shape index (κ3) is 3.74. The number of hydrogen-bond donors (Lipinski definition) is 2. The molecule has 8 heteroatoms. The molecule has 3 N–H and O–H groups in total. The van der Waals surface area contributed by atoms with Crippen molar-refractivity contribution in [3.05, 3.63) is 104 Å². The van der Waals surface area contributed by atoms with Crippen molar-refractivity contribution < 1.29 is 24.2 Å². The van der Waals surface area contributed by atoms with Crippen LogP contribution in [0.25, 0.3) is 0 Å². The van der Waals surface area contributed by atoms with Crippen LogP contribution in [0.15, 0.2) is 87.6 Å². The van der Waals surface area contributed by atoms with E-state index in [-0.39, 0.29) is 35.6 Å². The lowest BCUT2D eigenvalue weighted by Crippen LogP contribution is -2.77. The van der Waals surface area contributed by atoms with E-state index in [2.05, 4.69) is 66.2 Å². The number of aliphatic hydroxyl groups excluding tert-OH is 1. The molecule has 0 radical (unpaired) electrons. The minimum atomic E-state index is -1.14. The van der Waals surface area contributed by atoms with Gasteiger partial charge in [0.2, 0.25) is 0 Å². The molecule has 1 aromatic carbocycles. The first-order valence-corrected chi connectivity index (χ1v) is 22.5. The Kier molecular flexibility index (Phi) is 6.71. The Morgan fingerprint density at radius 3 is 2.81 bits per heavy atom. The molecule has 5 fully saturated rings. The monoisotopic (exact) mass is 765 g/mol. The summed E-state index contributed by atoms with van der Waals surface area (Å²) < 4.78 is 13.9. The summed E-state index contributed by atoms with van der Waals surface area (Å²) in [5.41, 5.74) is 13.9. The Balaban J connectivity index is 1.14. The van der Waals surface area contributed by atoms with Crippen LogP contribution in [-0.4, -0.2) is 65.1 Å². The maximum Gasteiger partial charge on any atom is 0.339 e. The summed E-state index contributed by atoms with van der Waals surface area (Å²) in [7, 11) is 0. The van der Waals surface area contributed by atoms with Gasteiger partial charge in [0.25, 0.3) is 0 Å². The van der Waals surface area contributed by atoms with Crippen molar-refractivity contribution in [2.75, 3.05) is 26.2 Å². The van der Waals surface area contributed by atoms with Gasteiger partial charge in [0, 0.05) is 55.2 Å². The first-order valence-electron chi connectivity index (χ1n) is 22.5. The molecule has 57 heavy (non-hydrogen) atoms. The van der Waals surface area contributed by atoms with Crippen LogP contribution in [0.5, 0.6) is 0 Å². The molecule has 12 bridgehead atoms. The number of hydrogen-bond acceptors (Lipinski definition) is 8. The first-order chi connectivity index (χ1) is 27.7. The third-order valence-corrected chi connectivity index (χ3v) is 18.1. The molecule has 1 aromatic rings. The number of carbonyl (C=O) groups is 2. The molecule has 16 rings (SSSR count). The van der Waals surface area contributed by atoms with E-state index in [9.17, 15) is 9.90 Å². The molecule has 0 aromatic heterocycles. The largest absolute Gasteiger partial charge is 0.509 e. The molecule has 3 saturated heterocycles. The fourth-order valence-corrected chi connectivity index (χ4v) is 16.3. The highest BCUT2D eigenvalue weighted by molar-refractivity contribution is 6.01. The molecule has 6 aliphatic carbocycles. The number of nitrogens with zero attached hydrogens (tertiary/aromatic N) is 2. The molecule has 3 spiro atoms. The number of carbonyl (C=O) groups excluding carboxylic acids is 2. The van der Waals surface area contributed by atoms with Crippen molar-refractivity contribution in [1.29, 1.82) is 0 Å². The molecule has 9 heterocycles. The zero-order valence-electron chi connectivity index (χ0n) is 33.4. The number of rotatable bonds is 3. The maximum absolute atomic E-state index is 15.8. The number of benzene rings is 1. The highest BCUT2D eigenvalue weighted by Gasteiger charge is 2.94. The van der Waals surface area contributed by atoms with Crippen LogP contribution in [0.2, 0.25) is 0 Å². The van der Waals surface area contributed by atoms with Crippen LogP contribution in [-0.2, 0) is 26.3 Å². The first kappa shape index (κ1) is 34.0. The van der Waals surface area contributed by atoms with Gasteiger partial charge in [-0.2, -0.15) is 0 Å². The fourth-order valence-electron chi connectivity index (χ4n) is 16.3. The summed E-state index contributed by atoms with van der Waals surface area (Å²) in [5.74, 6) is 2.22. The number of fused-ring (bicyclic) bond motifs is 3. The lowest BCUT2D eigenvalue weighted by molar-refractivity contribution is -0.279. The highest BCUT2D eigenvalue weighted by Crippen LogP contribution is 2.88. The third-order valence-electron chi connectivity index (χ3n) is 18.1. The molecule has 2 saturated carbocycles. The van der Waals surface area contributed by atoms with E-state index in [0.717, 1.165) is 75.7 Å². The lowest BCUT2D eigenvalue weighted by atomic mass is 9.27. The van der Waals surface area contributed by atoms with Crippen molar-refractivity contribution in [1.82, 2.24) is 9.80 Å². The van der Waals surface area contributed by atoms with Gasteiger partial charge in [-0.15, -0.1) is 0 Å². The van der Waals surface area contributed by atoms with Crippen molar-refractivity contribution in [2.24, 2.45) is 58.0 Å². The SMILES string of the molecule is C[C@H]1CCC2=C3C=CC[C@H]4CC5=C6[C@@H](C7=C2[C@]28C(=O)O/C(=C(\O)C[C@@H](C)N9C[C@H]%10C[C@@H](C9)[C@H](C=C5)N6C%10)[C@@]2(CC7)[C@]2(OC(=O)c5c(CCCN)cccc52)[C@H]8C1)[C@@H]34. The normalized spacial score (nSPS) is 46.3. The molecule has 9 aliphatic heterocycles. The molecular formula is C49H55N3O5. The van der Waals surface area contributed by atoms with Gasteiger partial charge in [-0.1, -0.05) is 55.0 Å². The molecule has 8 nitrogen and oxygen atoms in total. The van der Waals surface area contributed by atoms with Crippen molar-refractivity contribution >= 4 is 11.9 Å². The van der Waals surface area contributed by atoms with Gasteiger partial charge in [-0.25, -0.2) is 4.79 Å². The quantitative estimate of drug-likeness (QED) is 0.305. The predicted octanol–water partition coefficient (Wildman–Crippen LogP) is 7.54. The van der Waals surface area contributed by atoms with Gasteiger partial charge < -0.3 is 25.2 Å². The summed E-state index contributed by atoms with van der Waals surface area (Å²) in [6.07, 6.45) is 19.3. The average molecular weight is 766 g/mol. The number of aliphatic hydroxyl groups is 1. The average Bonchev–Trinajstić information content (AvgIpc) is 3.66. The molecule has 1 unspecified atom stereocenters. The van der Waals surface area contributed by atoms with Crippen molar-refractivity contribution in [3.8, 4) is 0 Å². The minimum absolute atomic E-state index is 0.0534. The number of piperidine rings is 2. The molecule has 296 valence electrons. The number of nitrogens with two attached hydrogens (primary N) is 1. The smallest absolute Gasteiger partial charge is 0.339 e. The van der Waals surface area contributed by atoms with Crippen LogP contribution < -0.4 is 5.73 Å². The molecular weight excluding hydrogens is 711 g/mol. The predicted molar refractivity (Wildman–Crippen MR) is 214 cm³/mol. The summed E-state index contributed by atoms with van der Waals surface area (Å²) in [6.45, 7) is 8.18. The van der Waals surface area contributed by atoms with E-state index in [1.165, 1.54) is 34.3 Å². The number of aryl methyl sites for hydroxylation is 1. The van der Waals surface area contributed by atoms with E-state index in [1.807, 2.05) is 0 Å². The Labute approximate surface area is 335 Å². The fraction of sp³-hybridized carbons (Fsp3) is 0.592. The topological polar surface area (TPSA) is 105 Å². The van der Waals surface area contributed by atoms with Gasteiger partial charge in [-0.3, -0.25) is 9.69 Å². The summed E-state index contributed by atoms with van der Waals surface area (Å²) in [6, 6.07) is 6.65. The maximum atomic E-state index is 15.8. The van der Waals surface area contributed by atoms with Gasteiger partial charge in [0.05, 0.1) is 17.0 Å². The van der Waals surface area contributed by atoms with Crippen LogP contribution >= 0.6 is 0 Å². The Morgan fingerprint density at radius 2 is 1.93 bits per heavy atom. The number of ether oxygens (including phenoxy) is 2. The second-order valence-corrected chi connectivity index (χ2v) is 20.4. The van der Waals surface area contributed by atoms with Gasteiger partial charge >= 0.3 is 11.9 Å². The van der Waals surface area contributed by atoms with Gasteiger partial charge in [-0.05, 0) is 135 Å². The highest BCUT2D eigenvalue weighted by atomic mass is 16.6. The summed E-state index contributed by atoms with van der Waals surface area (Å²) >= 11 is 0. The van der Waals surface area contributed by atoms with E-state index in [4.69, 9.17) is 15.2 Å². The van der Waals surface area contributed by atoms with E-state index >= 15 is 4.79 Å². The molecule has 0 amide bonds. The summed E-state index contributed by atoms with van der Waals surface area (Å²) in [5, 5.41) is 12.8. The van der Waals surface area contributed by atoms with E-state index in [0.29, 0.717) is 72.8 Å². The zero-order chi connectivity index (χ0) is 38.3. The standard InChI is InChI=1S/C49H55N3O5/c1-25-11-13-33-32-9-3-7-29-21-30-12-14-36-31-20-27-22-51(24-31)26(2)19-37(53)44-47-16-15-34(41(39(29)32)43(30)52(36)23-27)42(33)48(47,46(55)56-44)38(18-25)49(47)35-10-4-6-28(8-5-17-50)40(35)45(54)57-49/h3-4,6,9-10,12,14,25-27,29,31,36,38-39,41,53H,5,7-8,11,13,15-24,50H2,1-2H3/b44-37-/t25-,26+,27+,29-,31-,36-,38-,39+,41-,47+,48+,49+/m0/s1. The Hall–Kier alpha value is -3.88. The van der Waals surface area contributed by atoms with Gasteiger partial charge in [0.1, 0.15) is 11.2 Å². The number of esters is 2. The lowest BCUT2D eigenvalue weighted by Gasteiger charge is -2.72. The molecule has 15 aliphatic rings. The number of allylic oxidation sites excluding steroid dienone is 7. The second kappa shape index (κ2) is 11.2. The minimum Gasteiger partial charge on any atom is -0.509 e. The summed E-state index contributed by atoms with van der Waals surface area (Å²) in [4.78, 5) is 36.0. The van der Waals surface area contributed by atoms with Crippen molar-refractivity contribution in [2.45, 2.75) is 102 Å². The molecule has 13 atom stereocenters. The van der Waals surface area contributed by atoms with Gasteiger partial charge in [0.15, 0.2) is 11.4 Å². The Bertz CT molecular complexity index is 2300. The zero-order valence-corrected chi connectivity index (χ0v) is 33.4. The Morgan fingerprint density at radius 1 is 1.04 bits per heavy atom. The van der Waals surface area contributed by atoms with Crippen LogP contribution in [0.4, 0.5) is 0 Å². The van der Waals surface area contributed by atoms with Crippen LogP contribution in [0.3, 0.4) is 0 Å². The van der Waals surface area contributed by atoms with Crippen LogP contribution in [0.1, 0.15) is 99.5 Å². The van der Waals surface area contributed by atoms with E-state index in [1.54, 1.807) is 5.70 Å². The van der Waals surface area contributed by atoms with Crippen LogP contribution in [0, 0.1) is 52.3 Å².